The highest BCUT2D eigenvalue weighted by molar-refractivity contribution is 7.88. The number of aromatic nitrogens is 3. The molecular weight excluding hydrogens is 501 g/mol. The Labute approximate surface area is 214 Å². The molecule has 3 aromatic rings. The maximum atomic E-state index is 14.2. The highest BCUT2D eigenvalue weighted by atomic mass is 32.2. The van der Waals surface area contributed by atoms with Crippen molar-refractivity contribution in [1.82, 2.24) is 24.2 Å². The van der Waals surface area contributed by atoms with Crippen LogP contribution in [0.15, 0.2) is 36.7 Å². The summed E-state index contributed by atoms with van der Waals surface area (Å²) in [7, 11) is -3.36. The van der Waals surface area contributed by atoms with Crippen LogP contribution in [0.3, 0.4) is 0 Å². The van der Waals surface area contributed by atoms with E-state index in [0.717, 1.165) is 6.26 Å². The lowest BCUT2D eigenvalue weighted by Crippen LogP contribution is -2.42. The molecule has 196 valence electrons. The Hall–Kier alpha value is -3.60. The van der Waals surface area contributed by atoms with E-state index in [0.29, 0.717) is 41.1 Å². The first-order valence-electron chi connectivity index (χ1n) is 11.6. The third-order valence-corrected chi connectivity index (χ3v) is 7.50. The third kappa shape index (κ3) is 5.87. The molecule has 13 heteroatoms. The van der Waals surface area contributed by atoms with Gasteiger partial charge >= 0.3 is 0 Å². The molecule has 3 N–H and O–H groups in total. The van der Waals surface area contributed by atoms with Crippen LogP contribution >= 0.6 is 0 Å². The second-order valence-corrected chi connectivity index (χ2v) is 11.6. The summed E-state index contributed by atoms with van der Waals surface area (Å²) in [5.74, 6) is -0.594. The van der Waals surface area contributed by atoms with Crippen LogP contribution in [-0.4, -0.2) is 82.0 Å². The fourth-order valence-electron chi connectivity index (χ4n) is 4.04. The first-order chi connectivity index (χ1) is 17.4. The number of amides is 1. The summed E-state index contributed by atoms with van der Waals surface area (Å²) >= 11 is 0. The van der Waals surface area contributed by atoms with Crippen molar-refractivity contribution < 1.29 is 22.7 Å². The van der Waals surface area contributed by atoms with Crippen LogP contribution in [0.25, 0.3) is 16.9 Å². The highest BCUT2D eigenvalue weighted by Gasteiger charge is 2.30. The van der Waals surface area contributed by atoms with Gasteiger partial charge in [-0.3, -0.25) is 9.78 Å². The van der Waals surface area contributed by atoms with Gasteiger partial charge in [-0.1, -0.05) is 0 Å². The standard InChI is InChI=1S/C24H28FN7O4S/c1-24(2,34)22(25)13-28-23(33)18-12-27-20(21-5-4-17-8-15(10-26)11-29-32(17)21)9-19(18)30-16-6-7-31(14-16)37(3,35)36/h4-5,8-9,11-12,16,22,34H,6-7,13-14H2,1-3H3,(H,27,30)(H,28,33). The summed E-state index contributed by atoms with van der Waals surface area (Å²) in [4.78, 5) is 17.4. The Balaban J connectivity index is 1.66. The minimum absolute atomic E-state index is 0.144. The number of nitriles is 1. The molecule has 4 heterocycles. The number of fused-ring (bicyclic) bond motifs is 1. The zero-order chi connectivity index (χ0) is 27.0. The van der Waals surface area contributed by atoms with E-state index in [4.69, 9.17) is 5.26 Å². The van der Waals surface area contributed by atoms with Crippen LogP contribution in [0.1, 0.15) is 36.2 Å². The second kappa shape index (κ2) is 10.0. The van der Waals surface area contributed by atoms with Crippen molar-refractivity contribution >= 4 is 27.1 Å². The normalized spacial score (nSPS) is 17.5. The van der Waals surface area contributed by atoms with E-state index in [2.05, 4.69) is 20.7 Å². The van der Waals surface area contributed by atoms with Gasteiger partial charge < -0.3 is 15.7 Å². The number of aliphatic hydroxyl groups is 1. The van der Waals surface area contributed by atoms with Crippen molar-refractivity contribution in [2.45, 2.75) is 38.1 Å². The number of alkyl halides is 1. The summed E-state index contributed by atoms with van der Waals surface area (Å²) in [5, 5.41) is 29.0. The maximum absolute atomic E-state index is 14.2. The molecule has 0 aliphatic carbocycles. The molecule has 1 amide bonds. The number of halogens is 1. The monoisotopic (exact) mass is 529 g/mol. The maximum Gasteiger partial charge on any atom is 0.255 e. The molecule has 2 unspecified atom stereocenters. The van der Waals surface area contributed by atoms with Crippen molar-refractivity contribution in [3.05, 3.63) is 47.8 Å². The molecule has 1 fully saturated rings. The highest BCUT2D eigenvalue weighted by Crippen LogP contribution is 2.27. The van der Waals surface area contributed by atoms with Gasteiger partial charge in [0.25, 0.3) is 5.91 Å². The van der Waals surface area contributed by atoms with E-state index in [1.54, 1.807) is 28.8 Å². The van der Waals surface area contributed by atoms with Gasteiger partial charge in [0.2, 0.25) is 10.0 Å². The molecule has 1 aliphatic heterocycles. The van der Waals surface area contributed by atoms with Crippen molar-refractivity contribution in [3.8, 4) is 17.5 Å². The first kappa shape index (κ1) is 26.5. The number of nitrogens with zero attached hydrogens (tertiary/aromatic N) is 5. The van der Waals surface area contributed by atoms with Crippen LogP contribution in [-0.2, 0) is 10.0 Å². The van der Waals surface area contributed by atoms with Crippen molar-refractivity contribution in [2.75, 3.05) is 31.2 Å². The van der Waals surface area contributed by atoms with E-state index < -0.39 is 34.2 Å². The molecule has 11 nitrogen and oxygen atoms in total. The Morgan fingerprint density at radius 3 is 2.76 bits per heavy atom. The zero-order valence-corrected chi connectivity index (χ0v) is 21.5. The van der Waals surface area contributed by atoms with Gasteiger partial charge in [-0.25, -0.2) is 21.6 Å². The van der Waals surface area contributed by atoms with Crippen LogP contribution in [0.4, 0.5) is 10.1 Å². The summed E-state index contributed by atoms with van der Waals surface area (Å²) in [6, 6.07) is 8.70. The summed E-state index contributed by atoms with van der Waals surface area (Å²) in [6.45, 7) is 2.81. The zero-order valence-electron chi connectivity index (χ0n) is 20.6. The predicted octanol–water partition coefficient (Wildman–Crippen LogP) is 1.55. The summed E-state index contributed by atoms with van der Waals surface area (Å²) in [6.07, 6.45) is 2.79. The molecule has 2 atom stereocenters. The van der Waals surface area contributed by atoms with Crippen molar-refractivity contribution in [3.63, 3.8) is 0 Å². The molecule has 0 bridgehead atoms. The smallest absolute Gasteiger partial charge is 0.255 e. The Morgan fingerprint density at radius 2 is 2.11 bits per heavy atom. The molecule has 0 aromatic carbocycles. The van der Waals surface area contributed by atoms with Crippen molar-refractivity contribution in [1.29, 1.82) is 5.26 Å². The van der Waals surface area contributed by atoms with Crippen LogP contribution in [0.5, 0.6) is 0 Å². The fraction of sp³-hybridized carbons (Fsp3) is 0.417. The van der Waals surface area contributed by atoms with Gasteiger partial charge in [-0.2, -0.15) is 10.4 Å². The number of pyridine rings is 1. The van der Waals surface area contributed by atoms with Gasteiger partial charge in [-0.15, -0.1) is 0 Å². The number of hydrogen-bond donors (Lipinski definition) is 3. The molecule has 4 rings (SSSR count). The Bertz CT molecular complexity index is 1480. The van der Waals surface area contributed by atoms with E-state index in [1.807, 2.05) is 6.07 Å². The average Bonchev–Trinajstić information content (AvgIpc) is 3.48. The van der Waals surface area contributed by atoms with Gasteiger partial charge in [0, 0.05) is 25.3 Å². The summed E-state index contributed by atoms with van der Waals surface area (Å²) in [5.41, 5.74) is 1.11. The van der Waals surface area contributed by atoms with Crippen LogP contribution in [0, 0.1) is 11.3 Å². The van der Waals surface area contributed by atoms with Gasteiger partial charge in [0.05, 0.1) is 58.3 Å². The van der Waals surface area contributed by atoms with E-state index >= 15 is 0 Å². The van der Waals surface area contributed by atoms with Gasteiger partial charge in [0.1, 0.15) is 12.2 Å². The van der Waals surface area contributed by atoms with E-state index in [-0.39, 0.29) is 18.2 Å². The molecule has 0 radical (unpaired) electrons. The lowest BCUT2D eigenvalue weighted by molar-refractivity contribution is -0.00177. The van der Waals surface area contributed by atoms with Gasteiger partial charge in [-0.05, 0) is 44.5 Å². The van der Waals surface area contributed by atoms with E-state index in [1.165, 1.54) is 30.5 Å². The van der Waals surface area contributed by atoms with Gasteiger partial charge in [0.15, 0.2) is 0 Å². The topological polar surface area (TPSA) is 153 Å². The third-order valence-electron chi connectivity index (χ3n) is 6.23. The molecular formula is C24H28FN7O4S. The van der Waals surface area contributed by atoms with Crippen LogP contribution in [0.2, 0.25) is 0 Å². The molecule has 3 aromatic heterocycles. The quantitative estimate of drug-likeness (QED) is 0.397. The average molecular weight is 530 g/mol. The molecule has 1 aliphatic rings. The summed E-state index contributed by atoms with van der Waals surface area (Å²) < 4.78 is 41.1. The van der Waals surface area contributed by atoms with E-state index in [9.17, 15) is 22.7 Å². The minimum atomic E-state index is -3.36. The number of hydrogen-bond acceptors (Lipinski definition) is 8. The number of anilines is 1. The Kier molecular flexibility index (Phi) is 7.18. The van der Waals surface area contributed by atoms with Crippen LogP contribution < -0.4 is 10.6 Å². The lowest BCUT2D eigenvalue weighted by Gasteiger charge is -2.23. The Morgan fingerprint density at radius 1 is 1.35 bits per heavy atom. The number of rotatable bonds is 8. The first-order valence-corrected chi connectivity index (χ1v) is 13.5. The number of carbonyl (C=O) groups is 1. The number of nitrogens with one attached hydrogen (secondary N) is 2. The molecule has 37 heavy (non-hydrogen) atoms. The fourth-order valence-corrected chi connectivity index (χ4v) is 4.93. The lowest BCUT2D eigenvalue weighted by atomic mass is 10.0. The molecule has 0 spiro atoms. The predicted molar refractivity (Wildman–Crippen MR) is 135 cm³/mol. The SMILES string of the molecule is CC(C)(O)C(F)CNC(=O)c1cnc(-c2ccc3cc(C#N)cnn23)cc1NC1CCN(S(C)(=O)=O)C1. The molecule has 1 saturated heterocycles. The largest absolute Gasteiger partial charge is 0.387 e. The molecule has 0 saturated carbocycles. The second-order valence-electron chi connectivity index (χ2n) is 9.61. The minimum Gasteiger partial charge on any atom is -0.387 e. The van der Waals surface area contributed by atoms with Crippen molar-refractivity contribution in [2.24, 2.45) is 0 Å². The number of carbonyl (C=O) groups excluding carboxylic acids is 1. The number of sulfonamides is 1.